The molecule has 0 N–H and O–H groups in total. The zero-order valence-corrected chi connectivity index (χ0v) is 15.5. The van der Waals surface area contributed by atoms with Crippen LogP contribution in [0.5, 0.6) is 0 Å². The number of aromatic nitrogens is 3. The number of nitrogens with zero attached hydrogens (tertiary/aromatic N) is 4. The number of benzene rings is 2. The highest BCUT2D eigenvalue weighted by Crippen LogP contribution is 2.26. The summed E-state index contributed by atoms with van der Waals surface area (Å²) in [6.45, 7) is 0.881. The number of hydrogen-bond donors (Lipinski definition) is 0. The summed E-state index contributed by atoms with van der Waals surface area (Å²) >= 11 is 0. The molecule has 7 heteroatoms. The maximum absolute atomic E-state index is 12.6. The SMILES string of the molecule is O=S(=O)(/C=C/c1ccccc1)N1CCC(n2cc(-c3ccccc3)nn2)C1. The minimum Gasteiger partial charge on any atom is -0.247 e. The summed E-state index contributed by atoms with van der Waals surface area (Å²) in [5.41, 5.74) is 2.65. The van der Waals surface area contributed by atoms with Gasteiger partial charge in [-0.15, -0.1) is 5.10 Å². The molecular formula is C20H20N4O2S. The second-order valence-electron chi connectivity index (χ2n) is 6.51. The van der Waals surface area contributed by atoms with Gasteiger partial charge in [0, 0.05) is 24.1 Å². The molecule has 138 valence electrons. The second-order valence-corrected chi connectivity index (χ2v) is 8.33. The van der Waals surface area contributed by atoms with Crippen LogP contribution in [0.3, 0.4) is 0 Å². The lowest BCUT2D eigenvalue weighted by Gasteiger charge is -2.13. The van der Waals surface area contributed by atoms with E-state index in [1.807, 2.05) is 66.9 Å². The van der Waals surface area contributed by atoms with E-state index in [1.54, 1.807) is 10.8 Å². The molecule has 1 aliphatic heterocycles. The Labute approximate surface area is 158 Å². The molecule has 2 heterocycles. The fourth-order valence-electron chi connectivity index (χ4n) is 3.17. The van der Waals surface area contributed by atoms with Crippen LogP contribution >= 0.6 is 0 Å². The Morgan fingerprint density at radius 1 is 1.00 bits per heavy atom. The van der Waals surface area contributed by atoms with E-state index in [2.05, 4.69) is 10.3 Å². The Bertz CT molecular complexity index is 1030. The zero-order valence-electron chi connectivity index (χ0n) is 14.7. The van der Waals surface area contributed by atoms with Gasteiger partial charge >= 0.3 is 0 Å². The molecule has 0 bridgehead atoms. The predicted molar refractivity (Wildman–Crippen MR) is 105 cm³/mol. The van der Waals surface area contributed by atoms with E-state index in [0.717, 1.165) is 23.2 Å². The van der Waals surface area contributed by atoms with Gasteiger partial charge in [0.25, 0.3) is 0 Å². The van der Waals surface area contributed by atoms with Crippen LogP contribution in [0.2, 0.25) is 0 Å². The lowest BCUT2D eigenvalue weighted by molar-refractivity contribution is 0.432. The minimum absolute atomic E-state index is 0.00476. The smallest absolute Gasteiger partial charge is 0.236 e. The van der Waals surface area contributed by atoms with Crippen molar-refractivity contribution in [2.24, 2.45) is 0 Å². The van der Waals surface area contributed by atoms with Crippen LogP contribution < -0.4 is 0 Å². The Hall–Kier alpha value is -2.77. The van der Waals surface area contributed by atoms with Gasteiger partial charge in [0.05, 0.1) is 12.2 Å². The highest BCUT2D eigenvalue weighted by Gasteiger charge is 2.31. The van der Waals surface area contributed by atoms with Gasteiger partial charge in [0.15, 0.2) is 0 Å². The molecule has 0 saturated carbocycles. The van der Waals surface area contributed by atoms with Crippen molar-refractivity contribution in [2.75, 3.05) is 13.1 Å². The van der Waals surface area contributed by atoms with Crippen molar-refractivity contribution in [1.29, 1.82) is 0 Å². The minimum atomic E-state index is -3.45. The highest BCUT2D eigenvalue weighted by atomic mass is 32.2. The van der Waals surface area contributed by atoms with Gasteiger partial charge in [-0.2, -0.15) is 4.31 Å². The summed E-state index contributed by atoms with van der Waals surface area (Å²) < 4.78 is 28.5. The Morgan fingerprint density at radius 2 is 1.70 bits per heavy atom. The van der Waals surface area contributed by atoms with Crippen molar-refractivity contribution in [1.82, 2.24) is 19.3 Å². The molecule has 1 fully saturated rings. The van der Waals surface area contributed by atoms with Gasteiger partial charge in [0.1, 0.15) is 5.69 Å². The van der Waals surface area contributed by atoms with Gasteiger partial charge in [-0.3, -0.25) is 0 Å². The summed E-state index contributed by atoms with van der Waals surface area (Å²) in [5.74, 6) is 0. The first kappa shape index (κ1) is 17.6. The van der Waals surface area contributed by atoms with Gasteiger partial charge in [-0.05, 0) is 18.1 Å². The van der Waals surface area contributed by atoms with Gasteiger partial charge in [-0.25, -0.2) is 13.1 Å². The third-order valence-electron chi connectivity index (χ3n) is 4.67. The summed E-state index contributed by atoms with van der Waals surface area (Å²) in [6, 6.07) is 19.2. The van der Waals surface area contributed by atoms with Crippen LogP contribution in [0, 0.1) is 0 Å². The molecule has 2 aromatic carbocycles. The molecule has 1 saturated heterocycles. The Kier molecular flexibility index (Phi) is 4.87. The monoisotopic (exact) mass is 380 g/mol. The maximum Gasteiger partial charge on any atom is 0.236 e. The lowest BCUT2D eigenvalue weighted by Crippen LogP contribution is -2.27. The van der Waals surface area contributed by atoms with E-state index in [9.17, 15) is 8.42 Å². The summed E-state index contributed by atoms with van der Waals surface area (Å²) in [5, 5.41) is 9.72. The first-order valence-corrected chi connectivity index (χ1v) is 10.3. The summed E-state index contributed by atoms with van der Waals surface area (Å²) in [7, 11) is -3.45. The van der Waals surface area contributed by atoms with E-state index >= 15 is 0 Å². The van der Waals surface area contributed by atoms with E-state index in [1.165, 1.54) is 9.71 Å². The maximum atomic E-state index is 12.6. The molecule has 27 heavy (non-hydrogen) atoms. The first-order valence-electron chi connectivity index (χ1n) is 8.82. The topological polar surface area (TPSA) is 68.1 Å². The van der Waals surface area contributed by atoms with Crippen LogP contribution in [0.1, 0.15) is 18.0 Å². The normalized spacial score (nSPS) is 18.3. The lowest BCUT2D eigenvalue weighted by atomic mass is 10.2. The zero-order chi connectivity index (χ0) is 18.7. The molecule has 1 aliphatic rings. The Morgan fingerprint density at radius 3 is 2.44 bits per heavy atom. The number of rotatable bonds is 5. The molecule has 0 aliphatic carbocycles. The van der Waals surface area contributed by atoms with Crippen molar-refractivity contribution < 1.29 is 8.42 Å². The molecule has 6 nitrogen and oxygen atoms in total. The first-order chi connectivity index (χ1) is 13.1. The average Bonchev–Trinajstić information content (AvgIpc) is 3.38. The standard InChI is InChI=1S/C20H20N4O2S/c25-27(26,14-12-17-7-3-1-4-8-17)23-13-11-19(15-23)24-16-20(21-22-24)18-9-5-2-6-10-18/h1-10,12,14,16,19H,11,13,15H2/b14-12+. The van der Waals surface area contributed by atoms with E-state index in [0.29, 0.717) is 13.1 Å². The van der Waals surface area contributed by atoms with Crippen molar-refractivity contribution >= 4 is 16.1 Å². The molecule has 0 spiro atoms. The largest absolute Gasteiger partial charge is 0.247 e. The molecular weight excluding hydrogens is 360 g/mol. The third kappa shape index (κ3) is 3.99. The van der Waals surface area contributed by atoms with Crippen molar-refractivity contribution in [2.45, 2.75) is 12.5 Å². The quantitative estimate of drug-likeness (QED) is 0.682. The predicted octanol–water partition coefficient (Wildman–Crippen LogP) is 3.19. The highest BCUT2D eigenvalue weighted by molar-refractivity contribution is 7.92. The van der Waals surface area contributed by atoms with Crippen LogP contribution in [-0.2, 0) is 10.0 Å². The number of hydrogen-bond acceptors (Lipinski definition) is 4. The van der Waals surface area contributed by atoms with Crippen LogP contribution in [-0.4, -0.2) is 40.8 Å². The molecule has 1 aromatic heterocycles. The average molecular weight is 380 g/mol. The van der Waals surface area contributed by atoms with E-state index < -0.39 is 10.0 Å². The van der Waals surface area contributed by atoms with Gasteiger partial charge in [0.2, 0.25) is 10.0 Å². The van der Waals surface area contributed by atoms with E-state index in [4.69, 9.17) is 0 Å². The van der Waals surface area contributed by atoms with Gasteiger partial charge < -0.3 is 0 Å². The van der Waals surface area contributed by atoms with Crippen LogP contribution in [0.4, 0.5) is 0 Å². The summed E-state index contributed by atoms with van der Waals surface area (Å²) in [4.78, 5) is 0. The fourth-order valence-corrected chi connectivity index (χ4v) is 4.41. The summed E-state index contributed by atoms with van der Waals surface area (Å²) in [6.07, 6.45) is 4.23. The van der Waals surface area contributed by atoms with Crippen molar-refractivity contribution in [3.8, 4) is 11.3 Å². The van der Waals surface area contributed by atoms with Crippen LogP contribution in [0.25, 0.3) is 17.3 Å². The van der Waals surface area contributed by atoms with Crippen LogP contribution in [0.15, 0.2) is 72.3 Å². The number of sulfonamides is 1. The van der Waals surface area contributed by atoms with Crippen molar-refractivity contribution in [3.05, 3.63) is 77.8 Å². The molecule has 0 amide bonds. The molecule has 4 rings (SSSR count). The van der Waals surface area contributed by atoms with E-state index in [-0.39, 0.29) is 6.04 Å². The van der Waals surface area contributed by atoms with Gasteiger partial charge in [-0.1, -0.05) is 65.9 Å². The molecule has 1 atom stereocenters. The molecule has 1 unspecified atom stereocenters. The molecule has 0 radical (unpaired) electrons. The fraction of sp³-hybridized carbons (Fsp3) is 0.200. The van der Waals surface area contributed by atoms with Crippen molar-refractivity contribution in [3.63, 3.8) is 0 Å². The third-order valence-corrected chi connectivity index (χ3v) is 6.20. The second kappa shape index (κ2) is 7.46. The Balaban J connectivity index is 1.46. The molecule has 3 aromatic rings.